The standard InChI is InChI=1S/C18H25N5O2/c1-21(2)18-16(5-4-9-19-18)25-15-8-10-23(13-15)17(24)7-6-14-11-20-22(3)12-14/h4-5,9,11-12,15H,6-8,10,13H2,1-3H3/t15-/m1/s1. The van der Waals surface area contributed by atoms with Gasteiger partial charge < -0.3 is 14.5 Å². The molecule has 7 heteroatoms. The molecule has 3 heterocycles. The Balaban J connectivity index is 1.52. The van der Waals surface area contributed by atoms with Crippen LogP contribution in [0, 0.1) is 0 Å². The lowest BCUT2D eigenvalue weighted by Crippen LogP contribution is -2.31. The van der Waals surface area contributed by atoms with Gasteiger partial charge in [-0.2, -0.15) is 5.10 Å². The van der Waals surface area contributed by atoms with Gasteiger partial charge >= 0.3 is 0 Å². The summed E-state index contributed by atoms with van der Waals surface area (Å²) in [6.45, 7) is 1.38. The molecule has 0 aliphatic carbocycles. The monoisotopic (exact) mass is 343 g/mol. The Bertz CT molecular complexity index is 728. The van der Waals surface area contributed by atoms with E-state index in [1.165, 1.54) is 0 Å². The number of likely N-dealkylation sites (tertiary alicyclic amines) is 1. The Morgan fingerprint density at radius 3 is 3.00 bits per heavy atom. The lowest BCUT2D eigenvalue weighted by molar-refractivity contribution is -0.130. The van der Waals surface area contributed by atoms with Crippen molar-refractivity contribution < 1.29 is 9.53 Å². The maximum Gasteiger partial charge on any atom is 0.223 e. The Kier molecular flexibility index (Phi) is 5.21. The number of anilines is 1. The molecule has 1 fully saturated rings. The molecule has 1 aliphatic heterocycles. The third-order valence-electron chi connectivity index (χ3n) is 4.35. The minimum Gasteiger partial charge on any atom is -0.485 e. The van der Waals surface area contributed by atoms with Gasteiger partial charge in [-0.1, -0.05) is 0 Å². The molecular formula is C18H25N5O2. The van der Waals surface area contributed by atoms with E-state index >= 15 is 0 Å². The fourth-order valence-electron chi connectivity index (χ4n) is 3.05. The maximum absolute atomic E-state index is 12.4. The van der Waals surface area contributed by atoms with Crippen molar-refractivity contribution in [3.8, 4) is 5.75 Å². The van der Waals surface area contributed by atoms with E-state index in [0.717, 1.165) is 36.5 Å². The van der Waals surface area contributed by atoms with E-state index in [1.54, 1.807) is 10.9 Å². The second-order valence-electron chi connectivity index (χ2n) is 6.61. The summed E-state index contributed by atoms with van der Waals surface area (Å²) in [5, 5.41) is 4.14. The quantitative estimate of drug-likeness (QED) is 0.795. The van der Waals surface area contributed by atoms with Gasteiger partial charge in [0.05, 0.1) is 12.7 Å². The van der Waals surface area contributed by atoms with Crippen LogP contribution in [0.3, 0.4) is 0 Å². The first kappa shape index (κ1) is 17.3. The lowest BCUT2D eigenvalue weighted by Gasteiger charge is -2.20. The van der Waals surface area contributed by atoms with Gasteiger partial charge in [-0.3, -0.25) is 9.48 Å². The number of pyridine rings is 1. The molecule has 0 aromatic carbocycles. The minimum absolute atomic E-state index is 0.0187. The number of ether oxygens (including phenoxy) is 1. The third kappa shape index (κ3) is 4.29. The summed E-state index contributed by atoms with van der Waals surface area (Å²) >= 11 is 0. The highest BCUT2D eigenvalue weighted by atomic mass is 16.5. The summed E-state index contributed by atoms with van der Waals surface area (Å²) in [4.78, 5) is 20.6. The van der Waals surface area contributed by atoms with Gasteiger partial charge in [0.15, 0.2) is 11.6 Å². The highest BCUT2D eigenvalue weighted by molar-refractivity contribution is 5.76. The largest absolute Gasteiger partial charge is 0.485 e. The second-order valence-corrected chi connectivity index (χ2v) is 6.61. The van der Waals surface area contributed by atoms with Gasteiger partial charge in [0.1, 0.15) is 6.10 Å². The number of aromatic nitrogens is 3. The smallest absolute Gasteiger partial charge is 0.223 e. The summed E-state index contributed by atoms with van der Waals surface area (Å²) in [5.74, 6) is 1.75. The molecule has 1 saturated heterocycles. The molecule has 1 amide bonds. The SMILES string of the molecule is CN(C)c1ncccc1O[C@@H]1CCN(C(=O)CCc2cnn(C)c2)C1. The summed E-state index contributed by atoms with van der Waals surface area (Å²) < 4.78 is 7.86. The zero-order chi connectivity index (χ0) is 17.8. The van der Waals surface area contributed by atoms with Crippen molar-refractivity contribution in [2.75, 3.05) is 32.1 Å². The fraction of sp³-hybridized carbons (Fsp3) is 0.500. The minimum atomic E-state index is 0.0187. The molecule has 134 valence electrons. The van der Waals surface area contributed by atoms with Gasteiger partial charge in [0.2, 0.25) is 5.91 Å². The summed E-state index contributed by atoms with van der Waals surface area (Å²) in [7, 11) is 5.77. The van der Waals surface area contributed by atoms with Crippen LogP contribution < -0.4 is 9.64 Å². The first-order chi connectivity index (χ1) is 12.0. The third-order valence-corrected chi connectivity index (χ3v) is 4.35. The van der Waals surface area contributed by atoms with E-state index in [1.807, 2.05) is 55.5 Å². The summed E-state index contributed by atoms with van der Waals surface area (Å²) in [6, 6.07) is 3.79. The fourth-order valence-corrected chi connectivity index (χ4v) is 3.05. The molecule has 1 atom stereocenters. The number of aryl methyl sites for hydroxylation is 2. The highest BCUT2D eigenvalue weighted by Crippen LogP contribution is 2.26. The molecule has 0 bridgehead atoms. The van der Waals surface area contributed by atoms with Crippen LogP contribution in [0.1, 0.15) is 18.4 Å². The maximum atomic E-state index is 12.4. The molecule has 0 N–H and O–H groups in total. The average Bonchev–Trinajstić information content (AvgIpc) is 3.22. The van der Waals surface area contributed by atoms with Crippen LogP contribution in [0.4, 0.5) is 5.82 Å². The van der Waals surface area contributed by atoms with Crippen LogP contribution in [0.25, 0.3) is 0 Å². The topological polar surface area (TPSA) is 63.5 Å². The van der Waals surface area contributed by atoms with E-state index in [2.05, 4.69) is 10.1 Å². The zero-order valence-corrected chi connectivity index (χ0v) is 15.1. The second kappa shape index (κ2) is 7.55. The molecule has 25 heavy (non-hydrogen) atoms. The molecule has 1 aliphatic rings. The van der Waals surface area contributed by atoms with Crippen LogP contribution in [-0.4, -0.2) is 58.9 Å². The number of carbonyl (C=O) groups excluding carboxylic acids is 1. The van der Waals surface area contributed by atoms with Gasteiger partial charge in [0.25, 0.3) is 0 Å². The van der Waals surface area contributed by atoms with E-state index in [-0.39, 0.29) is 12.0 Å². The predicted molar refractivity (Wildman–Crippen MR) is 95.7 cm³/mol. The average molecular weight is 343 g/mol. The Hall–Kier alpha value is -2.57. The van der Waals surface area contributed by atoms with Gasteiger partial charge in [-0.15, -0.1) is 0 Å². The molecule has 2 aromatic rings. The summed E-state index contributed by atoms with van der Waals surface area (Å²) in [5.41, 5.74) is 1.09. The molecule has 3 rings (SSSR count). The van der Waals surface area contributed by atoms with Crippen LogP contribution in [0.15, 0.2) is 30.7 Å². The molecular weight excluding hydrogens is 318 g/mol. The highest BCUT2D eigenvalue weighted by Gasteiger charge is 2.28. The van der Waals surface area contributed by atoms with Crippen molar-refractivity contribution in [2.45, 2.75) is 25.4 Å². The van der Waals surface area contributed by atoms with Crippen molar-refractivity contribution in [2.24, 2.45) is 7.05 Å². The number of rotatable bonds is 6. The van der Waals surface area contributed by atoms with Gasteiger partial charge in [0, 0.05) is 52.9 Å². The first-order valence-corrected chi connectivity index (χ1v) is 8.57. The number of nitrogens with zero attached hydrogens (tertiary/aromatic N) is 5. The number of hydrogen-bond donors (Lipinski definition) is 0. The number of amides is 1. The van der Waals surface area contributed by atoms with Crippen molar-refractivity contribution >= 4 is 11.7 Å². The van der Waals surface area contributed by atoms with Crippen LogP contribution in [-0.2, 0) is 18.3 Å². The van der Waals surface area contributed by atoms with Crippen LogP contribution >= 0.6 is 0 Å². The van der Waals surface area contributed by atoms with E-state index < -0.39 is 0 Å². The van der Waals surface area contributed by atoms with Crippen LogP contribution in [0.5, 0.6) is 5.75 Å². The molecule has 0 radical (unpaired) electrons. The van der Waals surface area contributed by atoms with Crippen LogP contribution in [0.2, 0.25) is 0 Å². The lowest BCUT2D eigenvalue weighted by atomic mass is 10.2. The normalized spacial score (nSPS) is 16.9. The predicted octanol–water partition coefficient (Wildman–Crippen LogP) is 1.49. The number of carbonyl (C=O) groups is 1. The number of hydrogen-bond acceptors (Lipinski definition) is 5. The summed E-state index contributed by atoms with van der Waals surface area (Å²) in [6.07, 6.45) is 7.62. The molecule has 0 saturated carbocycles. The Morgan fingerprint density at radius 2 is 2.28 bits per heavy atom. The molecule has 2 aromatic heterocycles. The van der Waals surface area contributed by atoms with E-state index in [0.29, 0.717) is 13.0 Å². The van der Waals surface area contributed by atoms with Crippen molar-refractivity contribution in [1.82, 2.24) is 19.7 Å². The van der Waals surface area contributed by atoms with Crippen molar-refractivity contribution in [3.05, 3.63) is 36.3 Å². The molecule has 7 nitrogen and oxygen atoms in total. The zero-order valence-electron chi connectivity index (χ0n) is 15.1. The Labute approximate surface area is 148 Å². The van der Waals surface area contributed by atoms with E-state index in [4.69, 9.17) is 4.74 Å². The van der Waals surface area contributed by atoms with Crippen molar-refractivity contribution in [1.29, 1.82) is 0 Å². The van der Waals surface area contributed by atoms with Crippen molar-refractivity contribution in [3.63, 3.8) is 0 Å². The van der Waals surface area contributed by atoms with E-state index in [9.17, 15) is 4.79 Å². The van der Waals surface area contributed by atoms with Gasteiger partial charge in [-0.25, -0.2) is 4.98 Å². The molecule has 0 unspecified atom stereocenters. The van der Waals surface area contributed by atoms with Gasteiger partial charge in [-0.05, 0) is 24.1 Å². The molecule has 0 spiro atoms. The Morgan fingerprint density at radius 1 is 1.44 bits per heavy atom. The first-order valence-electron chi connectivity index (χ1n) is 8.57.